The summed E-state index contributed by atoms with van der Waals surface area (Å²) < 4.78 is 10.0. The maximum atomic E-state index is 10.9. The van der Waals surface area contributed by atoms with Crippen LogP contribution in [0.4, 0.5) is 4.79 Å². The molecule has 0 spiro atoms. The second kappa shape index (κ2) is 9.55. The van der Waals surface area contributed by atoms with Crippen molar-refractivity contribution in [2.24, 2.45) is 0 Å². The van der Waals surface area contributed by atoms with Gasteiger partial charge in [0, 0.05) is 0 Å². The van der Waals surface area contributed by atoms with Gasteiger partial charge in [-0.15, -0.1) is 0 Å². The first kappa shape index (κ1) is 14.0. The lowest BCUT2D eigenvalue weighted by molar-refractivity contribution is 0.0382. The van der Waals surface area contributed by atoms with E-state index in [4.69, 9.17) is 4.74 Å². The molecule has 1 unspecified atom stereocenters. The Morgan fingerprint density at radius 2 is 2.07 bits per heavy atom. The summed E-state index contributed by atoms with van der Waals surface area (Å²) in [6.07, 6.45) is 5.16. The molecule has 0 aliphatic heterocycles. The van der Waals surface area contributed by atoms with Gasteiger partial charge in [0.2, 0.25) is 0 Å². The Balaban J connectivity index is 3.35. The number of carbonyl (C=O) groups is 1. The van der Waals surface area contributed by atoms with Crippen LogP contribution in [0.25, 0.3) is 0 Å². The third-order valence-corrected chi connectivity index (χ3v) is 2.25. The first-order valence-corrected chi connectivity index (χ1v) is 6.62. The third kappa shape index (κ3) is 8.59. The third-order valence-electron chi connectivity index (χ3n) is 1.93. The lowest BCUT2D eigenvalue weighted by atomic mass is 10.1. The van der Waals surface area contributed by atoms with E-state index in [1.807, 2.05) is 29.5 Å². The Bertz CT molecular complexity index is 150. The summed E-state index contributed by atoms with van der Waals surface area (Å²) in [5.74, 6) is 0. The minimum Gasteiger partial charge on any atom is -0.431 e. The predicted molar refractivity (Wildman–Crippen MR) is 64.7 cm³/mol. The van der Waals surface area contributed by atoms with Gasteiger partial charge in [-0.05, 0) is 42.4 Å². The van der Waals surface area contributed by atoms with Crippen LogP contribution < -0.4 is 0 Å². The number of alkyl halides is 1. The summed E-state index contributed by atoms with van der Waals surface area (Å²) in [6, 6.07) is 0. The summed E-state index contributed by atoms with van der Waals surface area (Å²) in [5.41, 5.74) is 0. The molecule has 0 saturated carbocycles. The van der Waals surface area contributed by atoms with Crippen molar-refractivity contribution in [3.8, 4) is 0 Å². The smallest absolute Gasteiger partial charge is 0.431 e. The fourth-order valence-corrected chi connectivity index (χ4v) is 1.41. The molecule has 0 bridgehead atoms. The van der Waals surface area contributed by atoms with E-state index >= 15 is 0 Å². The number of unbranched alkanes of at least 4 members (excludes halogenated alkanes) is 3. The summed E-state index contributed by atoms with van der Waals surface area (Å²) in [6.45, 7) is 4.08. The van der Waals surface area contributed by atoms with Crippen LogP contribution in [0.1, 0.15) is 46.0 Å². The summed E-state index contributed by atoms with van der Waals surface area (Å²) in [7, 11) is 0. The minimum atomic E-state index is -0.553. The van der Waals surface area contributed by atoms with Gasteiger partial charge >= 0.3 is 6.16 Å². The van der Waals surface area contributed by atoms with E-state index in [1.165, 1.54) is 19.3 Å². The monoisotopic (exact) mass is 314 g/mol. The van der Waals surface area contributed by atoms with E-state index < -0.39 is 6.16 Å². The van der Waals surface area contributed by atoms with Gasteiger partial charge in [-0.2, -0.15) is 0 Å². The number of ether oxygens (including phenoxy) is 2. The van der Waals surface area contributed by atoms with E-state index in [0.29, 0.717) is 4.61 Å². The van der Waals surface area contributed by atoms with Gasteiger partial charge in [0.05, 0.1) is 0 Å². The van der Waals surface area contributed by atoms with Crippen molar-refractivity contribution < 1.29 is 14.3 Å². The van der Waals surface area contributed by atoms with Crippen LogP contribution in [0.2, 0.25) is 0 Å². The van der Waals surface area contributed by atoms with Crippen molar-refractivity contribution in [1.82, 2.24) is 0 Å². The van der Waals surface area contributed by atoms with Crippen LogP contribution in [-0.2, 0) is 9.47 Å². The number of rotatable bonds is 7. The average Bonchev–Trinajstić information content (AvgIpc) is 2.13. The highest BCUT2D eigenvalue weighted by Gasteiger charge is 2.09. The molecule has 0 heterocycles. The Morgan fingerprint density at radius 3 is 2.64 bits per heavy atom. The fourth-order valence-electron chi connectivity index (χ4n) is 1.16. The largest absolute Gasteiger partial charge is 0.509 e. The van der Waals surface area contributed by atoms with Crippen molar-refractivity contribution in [2.45, 2.75) is 52.1 Å². The molecule has 0 aromatic rings. The second-order valence-corrected chi connectivity index (χ2v) is 3.90. The summed E-state index contributed by atoms with van der Waals surface area (Å²) >= 11 is 1.97. The van der Waals surface area contributed by atoms with Crippen LogP contribution in [0.15, 0.2) is 0 Å². The van der Waals surface area contributed by atoms with Crippen molar-refractivity contribution in [3.63, 3.8) is 0 Å². The van der Waals surface area contributed by atoms with Gasteiger partial charge in [-0.3, -0.25) is 0 Å². The number of halogens is 1. The van der Waals surface area contributed by atoms with Gasteiger partial charge in [-0.25, -0.2) is 4.79 Å². The summed E-state index contributed by atoms with van der Waals surface area (Å²) in [4.78, 5) is 10.9. The Hall–Kier alpha value is 0. The molecule has 84 valence electrons. The second-order valence-electron chi connectivity index (χ2n) is 3.28. The standard InChI is InChI=1S/C10H19IO3/c1-3-4-5-6-7-9(2)14-10(12)13-8-11/h9H,3-8H2,1-2H3. The molecule has 0 radical (unpaired) electrons. The topological polar surface area (TPSA) is 35.5 Å². The zero-order valence-electron chi connectivity index (χ0n) is 8.92. The number of hydrogen-bond acceptors (Lipinski definition) is 3. The van der Waals surface area contributed by atoms with Gasteiger partial charge in [-0.1, -0.05) is 26.2 Å². The Labute approximate surface area is 99.7 Å². The van der Waals surface area contributed by atoms with Crippen molar-refractivity contribution in [2.75, 3.05) is 4.61 Å². The van der Waals surface area contributed by atoms with Crippen molar-refractivity contribution >= 4 is 28.7 Å². The van der Waals surface area contributed by atoms with E-state index in [9.17, 15) is 4.79 Å². The highest BCUT2D eigenvalue weighted by Crippen LogP contribution is 2.08. The van der Waals surface area contributed by atoms with Gasteiger partial charge in [0.1, 0.15) is 10.7 Å². The molecule has 0 rings (SSSR count). The zero-order chi connectivity index (χ0) is 10.8. The van der Waals surface area contributed by atoms with Crippen molar-refractivity contribution in [1.29, 1.82) is 0 Å². The first-order valence-electron chi connectivity index (χ1n) is 5.10. The molecule has 0 aliphatic carbocycles. The molecule has 0 N–H and O–H groups in total. The zero-order valence-corrected chi connectivity index (χ0v) is 11.1. The van der Waals surface area contributed by atoms with Crippen LogP contribution >= 0.6 is 22.6 Å². The minimum absolute atomic E-state index is 0.0256. The lowest BCUT2D eigenvalue weighted by Crippen LogP contribution is -2.15. The highest BCUT2D eigenvalue weighted by atomic mass is 127. The maximum Gasteiger partial charge on any atom is 0.509 e. The Kier molecular flexibility index (Phi) is 9.55. The summed E-state index contributed by atoms with van der Waals surface area (Å²) in [5, 5.41) is 0. The lowest BCUT2D eigenvalue weighted by Gasteiger charge is -2.11. The molecule has 0 amide bonds. The number of hydrogen-bond donors (Lipinski definition) is 0. The molecule has 0 saturated heterocycles. The van der Waals surface area contributed by atoms with Crippen molar-refractivity contribution in [3.05, 3.63) is 0 Å². The van der Waals surface area contributed by atoms with Gasteiger partial charge in [0.25, 0.3) is 0 Å². The average molecular weight is 314 g/mol. The maximum absolute atomic E-state index is 10.9. The van der Waals surface area contributed by atoms with E-state index in [2.05, 4.69) is 11.7 Å². The highest BCUT2D eigenvalue weighted by molar-refractivity contribution is 14.1. The molecular formula is C10H19IO3. The van der Waals surface area contributed by atoms with E-state index in [-0.39, 0.29) is 6.10 Å². The molecule has 3 nitrogen and oxygen atoms in total. The molecule has 0 aliphatic rings. The van der Waals surface area contributed by atoms with Crippen LogP contribution in [0.5, 0.6) is 0 Å². The van der Waals surface area contributed by atoms with Crippen LogP contribution in [0.3, 0.4) is 0 Å². The predicted octanol–water partition coefficient (Wildman–Crippen LogP) is 3.89. The quantitative estimate of drug-likeness (QED) is 0.309. The molecule has 14 heavy (non-hydrogen) atoms. The van der Waals surface area contributed by atoms with E-state index in [0.717, 1.165) is 12.8 Å². The molecule has 4 heteroatoms. The molecule has 0 aromatic carbocycles. The molecule has 0 fully saturated rings. The van der Waals surface area contributed by atoms with Crippen LogP contribution in [-0.4, -0.2) is 16.9 Å². The normalized spacial score (nSPS) is 12.2. The molecular weight excluding hydrogens is 295 g/mol. The fraction of sp³-hybridized carbons (Fsp3) is 0.900. The van der Waals surface area contributed by atoms with Gasteiger partial charge < -0.3 is 9.47 Å². The number of carbonyl (C=O) groups excluding carboxylic acids is 1. The first-order chi connectivity index (χ1) is 6.70. The van der Waals surface area contributed by atoms with Gasteiger partial charge in [0.15, 0.2) is 0 Å². The SMILES string of the molecule is CCCCCCC(C)OC(=O)OCI. The Morgan fingerprint density at radius 1 is 1.36 bits per heavy atom. The van der Waals surface area contributed by atoms with Crippen LogP contribution in [0, 0.1) is 0 Å². The van der Waals surface area contributed by atoms with E-state index in [1.54, 1.807) is 0 Å². The molecule has 0 aromatic heterocycles. The molecule has 1 atom stereocenters.